The monoisotopic (exact) mass is 394 g/mol. The second-order valence-electron chi connectivity index (χ2n) is 6.23. The van der Waals surface area contributed by atoms with Gasteiger partial charge in [0.15, 0.2) is 5.13 Å². The third-order valence-corrected chi connectivity index (χ3v) is 5.38. The first-order valence-electron chi connectivity index (χ1n) is 8.62. The molecule has 7 nitrogen and oxygen atoms in total. The molecule has 2 aromatic carbocycles. The fourth-order valence-electron chi connectivity index (χ4n) is 3.01. The maximum absolute atomic E-state index is 12.5. The lowest BCUT2D eigenvalue weighted by Gasteiger charge is -2.06. The maximum atomic E-state index is 12.5. The van der Waals surface area contributed by atoms with Gasteiger partial charge < -0.3 is 19.9 Å². The van der Waals surface area contributed by atoms with E-state index in [1.165, 1.54) is 11.3 Å². The number of thiazole rings is 1. The van der Waals surface area contributed by atoms with E-state index >= 15 is 0 Å². The van der Waals surface area contributed by atoms with Crippen LogP contribution in [0.25, 0.3) is 21.1 Å². The average Bonchev–Trinajstić information content (AvgIpc) is 3.26. The molecule has 142 valence electrons. The van der Waals surface area contributed by atoms with Crippen LogP contribution in [0.2, 0.25) is 0 Å². The van der Waals surface area contributed by atoms with Crippen molar-refractivity contribution in [3.05, 3.63) is 54.2 Å². The number of aromatic nitrogens is 2. The van der Waals surface area contributed by atoms with Crippen LogP contribution in [0.4, 0.5) is 5.13 Å². The summed E-state index contributed by atoms with van der Waals surface area (Å²) in [6.07, 6.45) is 0. The van der Waals surface area contributed by atoms with Gasteiger partial charge in [0.25, 0.3) is 5.91 Å². The van der Waals surface area contributed by atoms with Crippen LogP contribution in [0, 0.1) is 0 Å². The lowest BCUT2D eigenvalue weighted by atomic mass is 10.2. The van der Waals surface area contributed by atoms with Gasteiger partial charge in [-0.3, -0.25) is 9.59 Å². The Kier molecular flexibility index (Phi) is 4.70. The molecule has 0 bridgehead atoms. The number of benzene rings is 2. The number of hydrogen-bond donors (Lipinski definition) is 2. The third kappa shape index (κ3) is 3.41. The minimum atomic E-state index is -0.326. The van der Waals surface area contributed by atoms with Gasteiger partial charge in [0.1, 0.15) is 11.4 Å². The second kappa shape index (κ2) is 7.32. The summed E-state index contributed by atoms with van der Waals surface area (Å²) in [6.45, 7) is -0.139. The number of rotatable bonds is 5. The summed E-state index contributed by atoms with van der Waals surface area (Å²) in [5.74, 6) is 0.0743. The Hall–Kier alpha value is -3.39. The van der Waals surface area contributed by atoms with E-state index in [-0.39, 0.29) is 18.4 Å². The molecule has 0 saturated carbocycles. The molecule has 28 heavy (non-hydrogen) atoms. The van der Waals surface area contributed by atoms with E-state index in [0.717, 1.165) is 26.9 Å². The fraction of sp³-hybridized carbons (Fsp3) is 0.150. The molecule has 0 saturated heterocycles. The smallest absolute Gasteiger partial charge is 0.268 e. The summed E-state index contributed by atoms with van der Waals surface area (Å²) in [5, 5.41) is 6.79. The number of ether oxygens (including phenoxy) is 1. The van der Waals surface area contributed by atoms with Crippen molar-refractivity contribution in [1.29, 1.82) is 0 Å². The van der Waals surface area contributed by atoms with Gasteiger partial charge in [-0.1, -0.05) is 23.5 Å². The summed E-state index contributed by atoms with van der Waals surface area (Å²) in [4.78, 5) is 29.1. The number of carbonyl (C=O) groups excluding carboxylic acids is 2. The Morgan fingerprint density at radius 2 is 2.00 bits per heavy atom. The van der Waals surface area contributed by atoms with Gasteiger partial charge in [-0.15, -0.1) is 0 Å². The number of carbonyl (C=O) groups is 2. The van der Waals surface area contributed by atoms with Crippen molar-refractivity contribution in [2.24, 2.45) is 7.05 Å². The van der Waals surface area contributed by atoms with E-state index < -0.39 is 0 Å². The molecule has 2 amide bonds. The minimum Gasteiger partial charge on any atom is -0.497 e. The highest BCUT2D eigenvalue weighted by atomic mass is 32.1. The molecule has 0 fully saturated rings. The molecule has 4 rings (SSSR count). The van der Waals surface area contributed by atoms with E-state index in [2.05, 4.69) is 15.6 Å². The van der Waals surface area contributed by atoms with Gasteiger partial charge >= 0.3 is 0 Å². The topological polar surface area (TPSA) is 85.2 Å². The zero-order valence-electron chi connectivity index (χ0n) is 15.4. The second-order valence-corrected chi connectivity index (χ2v) is 7.26. The van der Waals surface area contributed by atoms with Crippen molar-refractivity contribution in [3.63, 3.8) is 0 Å². The van der Waals surface area contributed by atoms with Crippen LogP contribution in [0.5, 0.6) is 5.75 Å². The molecule has 0 spiro atoms. The first kappa shape index (κ1) is 18.0. The van der Waals surface area contributed by atoms with Crippen molar-refractivity contribution < 1.29 is 14.3 Å². The number of aryl methyl sites for hydroxylation is 1. The van der Waals surface area contributed by atoms with Crippen molar-refractivity contribution in [2.75, 3.05) is 19.0 Å². The van der Waals surface area contributed by atoms with Crippen LogP contribution in [-0.4, -0.2) is 35.0 Å². The Morgan fingerprint density at radius 1 is 1.18 bits per heavy atom. The van der Waals surface area contributed by atoms with Crippen molar-refractivity contribution in [1.82, 2.24) is 14.9 Å². The number of fused-ring (bicyclic) bond motifs is 2. The molecular formula is C20H18N4O3S. The molecule has 0 aliphatic carbocycles. The van der Waals surface area contributed by atoms with Crippen molar-refractivity contribution in [2.45, 2.75) is 0 Å². The first-order chi connectivity index (χ1) is 13.5. The molecule has 0 unspecified atom stereocenters. The highest BCUT2D eigenvalue weighted by molar-refractivity contribution is 7.22. The standard InChI is InChI=1S/C20H18N4O3S/c1-24-15-8-7-13(27-2)9-12(15)10-16(24)19(26)21-11-18(25)23-20-22-14-5-3-4-6-17(14)28-20/h3-10H,11H2,1-2H3,(H,21,26)(H,22,23,25). The molecule has 0 atom stereocenters. The van der Waals surface area contributed by atoms with Gasteiger partial charge in [-0.2, -0.15) is 0 Å². The van der Waals surface area contributed by atoms with Crippen LogP contribution in [-0.2, 0) is 11.8 Å². The van der Waals surface area contributed by atoms with Crippen LogP contribution >= 0.6 is 11.3 Å². The Bertz CT molecular complexity index is 1160. The molecule has 4 aromatic rings. The van der Waals surface area contributed by atoms with E-state index in [4.69, 9.17) is 4.74 Å². The predicted octanol–water partition coefficient (Wildman–Crippen LogP) is 3.17. The number of nitrogens with zero attached hydrogens (tertiary/aromatic N) is 2. The van der Waals surface area contributed by atoms with Gasteiger partial charge in [0.05, 0.1) is 23.9 Å². The molecule has 0 radical (unpaired) electrons. The van der Waals surface area contributed by atoms with Crippen LogP contribution < -0.4 is 15.4 Å². The van der Waals surface area contributed by atoms with Gasteiger partial charge in [0, 0.05) is 18.0 Å². The van der Waals surface area contributed by atoms with Gasteiger partial charge in [0.2, 0.25) is 5.91 Å². The predicted molar refractivity (Wildman–Crippen MR) is 110 cm³/mol. The fourth-order valence-corrected chi connectivity index (χ4v) is 3.89. The first-order valence-corrected chi connectivity index (χ1v) is 9.44. The van der Waals surface area contributed by atoms with E-state index in [1.807, 2.05) is 49.5 Å². The lowest BCUT2D eigenvalue weighted by molar-refractivity contribution is -0.115. The molecule has 0 aliphatic rings. The van der Waals surface area contributed by atoms with Crippen molar-refractivity contribution in [3.8, 4) is 5.75 Å². The van der Waals surface area contributed by atoms with Crippen LogP contribution in [0.3, 0.4) is 0 Å². The van der Waals surface area contributed by atoms with Gasteiger partial charge in [-0.25, -0.2) is 4.98 Å². The molecule has 8 heteroatoms. The number of amides is 2. The Morgan fingerprint density at radius 3 is 2.79 bits per heavy atom. The van der Waals surface area contributed by atoms with E-state index in [9.17, 15) is 9.59 Å². The largest absolute Gasteiger partial charge is 0.497 e. The lowest BCUT2D eigenvalue weighted by Crippen LogP contribution is -2.33. The minimum absolute atomic E-state index is 0.139. The molecule has 0 aliphatic heterocycles. The molecular weight excluding hydrogens is 376 g/mol. The van der Waals surface area contributed by atoms with Crippen LogP contribution in [0.15, 0.2) is 48.5 Å². The highest BCUT2D eigenvalue weighted by Crippen LogP contribution is 2.25. The Balaban J connectivity index is 1.42. The molecule has 2 aromatic heterocycles. The summed E-state index contributed by atoms with van der Waals surface area (Å²) >= 11 is 1.39. The number of hydrogen-bond acceptors (Lipinski definition) is 5. The number of methoxy groups -OCH3 is 1. The number of nitrogens with one attached hydrogen (secondary N) is 2. The average molecular weight is 394 g/mol. The van der Waals surface area contributed by atoms with E-state index in [1.54, 1.807) is 17.7 Å². The van der Waals surface area contributed by atoms with Crippen molar-refractivity contribution >= 4 is 49.4 Å². The molecule has 2 heterocycles. The number of anilines is 1. The van der Waals surface area contributed by atoms with Crippen LogP contribution in [0.1, 0.15) is 10.5 Å². The summed E-state index contributed by atoms with van der Waals surface area (Å²) < 4.78 is 8.00. The highest BCUT2D eigenvalue weighted by Gasteiger charge is 2.15. The zero-order valence-corrected chi connectivity index (χ0v) is 16.2. The third-order valence-electron chi connectivity index (χ3n) is 4.43. The molecule has 2 N–H and O–H groups in total. The Labute approximate surface area is 164 Å². The van der Waals surface area contributed by atoms with E-state index in [0.29, 0.717) is 10.8 Å². The zero-order chi connectivity index (χ0) is 19.7. The summed E-state index contributed by atoms with van der Waals surface area (Å²) in [6, 6.07) is 15.0. The number of para-hydroxylation sites is 1. The summed E-state index contributed by atoms with van der Waals surface area (Å²) in [7, 11) is 3.41. The quantitative estimate of drug-likeness (QED) is 0.544. The summed E-state index contributed by atoms with van der Waals surface area (Å²) in [5.41, 5.74) is 2.21. The maximum Gasteiger partial charge on any atom is 0.268 e. The normalized spacial score (nSPS) is 10.9. The van der Waals surface area contributed by atoms with Gasteiger partial charge in [-0.05, 0) is 36.4 Å². The SMILES string of the molecule is COc1ccc2c(c1)cc(C(=O)NCC(=O)Nc1nc3ccccc3s1)n2C.